The molecule has 0 heterocycles. The molecule has 96 valence electrons. The molecule has 17 heavy (non-hydrogen) atoms. The van der Waals surface area contributed by atoms with Crippen molar-refractivity contribution in [1.82, 2.24) is 0 Å². The zero-order valence-corrected chi connectivity index (χ0v) is 9.68. The van der Waals surface area contributed by atoms with Gasteiger partial charge in [0.05, 0.1) is 23.3 Å². The van der Waals surface area contributed by atoms with E-state index in [1.807, 2.05) is 0 Å². The third-order valence-electron chi connectivity index (χ3n) is 2.04. The van der Waals surface area contributed by atoms with Crippen molar-refractivity contribution in [3.8, 4) is 5.75 Å². The van der Waals surface area contributed by atoms with E-state index in [2.05, 4.69) is 5.32 Å². The van der Waals surface area contributed by atoms with Crippen LogP contribution in [-0.2, 0) is 10.0 Å². The number of hydrogen-bond acceptors (Lipinski definition) is 6. The molecular weight excluding hydrogens is 248 g/mol. The lowest BCUT2D eigenvalue weighted by molar-refractivity contribution is 0.105. The van der Waals surface area contributed by atoms with Crippen LogP contribution in [0.1, 0.15) is 0 Å². The highest BCUT2D eigenvalue weighted by molar-refractivity contribution is 7.89. The van der Waals surface area contributed by atoms with Crippen molar-refractivity contribution in [3.63, 3.8) is 0 Å². The van der Waals surface area contributed by atoms with Crippen LogP contribution in [0, 0.1) is 0 Å². The molecule has 0 amide bonds. The van der Waals surface area contributed by atoms with Gasteiger partial charge in [-0.25, -0.2) is 13.6 Å². The molecule has 1 aromatic rings. The molecule has 6 N–H and O–H groups in total. The first-order chi connectivity index (χ1) is 7.84. The Morgan fingerprint density at radius 2 is 2.06 bits per heavy atom. The SMILES string of the molecule is NS(=O)(=O)c1ccc(O)c(NCC(O)CO)c1. The van der Waals surface area contributed by atoms with Crippen molar-refractivity contribution in [2.45, 2.75) is 11.0 Å². The second-order valence-electron chi connectivity index (χ2n) is 3.44. The van der Waals surface area contributed by atoms with Crippen LogP contribution in [0.25, 0.3) is 0 Å². The van der Waals surface area contributed by atoms with Crippen molar-refractivity contribution in [1.29, 1.82) is 0 Å². The number of primary sulfonamides is 1. The van der Waals surface area contributed by atoms with E-state index in [1.54, 1.807) is 0 Å². The maximum absolute atomic E-state index is 11.1. The predicted molar refractivity (Wildman–Crippen MR) is 61.1 cm³/mol. The molecule has 8 heteroatoms. The highest BCUT2D eigenvalue weighted by Crippen LogP contribution is 2.25. The summed E-state index contributed by atoms with van der Waals surface area (Å²) in [6.45, 7) is -0.471. The highest BCUT2D eigenvalue weighted by Gasteiger charge is 2.11. The Balaban J connectivity index is 2.92. The van der Waals surface area contributed by atoms with Crippen LogP contribution in [0.5, 0.6) is 5.75 Å². The summed E-state index contributed by atoms with van der Waals surface area (Å²) in [4.78, 5) is -0.156. The Labute approximate surface area is 98.6 Å². The molecule has 0 saturated heterocycles. The van der Waals surface area contributed by atoms with Gasteiger partial charge in [-0.3, -0.25) is 0 Å². The zero-order valence-electron chi connectivity index (χ0n) is 8.87. The van der Waals surface area contributed by atoms with Gasteiger partial charge < -0.3 is 20.6 Å². The maximum Gasteiger partial charge on any atom is 0.238 e. The standard InChI is InChI=1S/C9H14N2O5S/c10-17(15,16)7-1-2-9(14)8(3-7)11-4-6(13)5-12/h1-3,6,11-14H,4-5H2,(H2,10,15,16). The van der Waals surface area contributed by atoms with Gasteiger partial charge in [0.15, 0.2) is 0 Å². The molecule has 0 saturated carbocycles. The minimum Gasteiger partial charge on any atom is -0.506 e. The highest BCUT2D eigenvalue weighted by atomic mass is 32.2. The van der Waals surface area contributed by atoms with Crippen LogP contribution in [0.2, 0.25) is 0 Å². The number of anilines is 1. The number of hydrogen-bond donors (Lipinski definition) is 5. The van der Waals surface area contributed by atoms with Crippen LogP contribution >= 0.6 is 0 Å². The lowest BCUT2D eigenvalue weighted by Gasteiger charge is -2.12. The van der Waals surface area contributed by atoms with Crippen molar-refractivity contribution in [2.75, 3.05) is 18.5 Å². The fraction of sp³-hybridized carbons (Fsp3) is 0.333. The molecule has 0 radical (unpaired) electrons. The van der Waals surface area contributed by atoms with Gasteiger partial charge in [-0.05, 0) is 18.2 Å². The van der Waals surface area contributed by atoms with Gasteiger partial charge in [-0.1, -0.05) is 0 Å². The lowest BCUT2D eigenvalue weighted by atomic mass is 10.2. The van der Waals surface area contributed by atoms with Crippen LogP contribution in [0.15, 0.2) is 23.1 Å². The van der Waals surface area contributed by atoms with E-state index in [9.17, 15) is 13.5 Å². The molecule has 0 aromatic heterocycles. The van der Waals surface area contributed by atoms with Crippen molar-refractivity contribution >= 4 is 15.7 Å². The van der Waals surface area contributed by atoms with E-state index in [0.717, 1.165) is 12.1 Å². The molecule has 0 spiro atoms. The number of nitrogens with two attached hydrogens (primary N) is 1. The van der Waals surface area contributed by atoms with Gasteiger partial charge >= 0.3 is 0 Å². The topological polar surface area (TPSA) is 133 Å². The Morgan fingerprint density at radius 3 is 2.59 bits per heavy atom. The average Bonchev–Trinajstić information content (AvgIpc) is 2.26. The first-order valence-corrected chi connectivity index (χ1v) is 6.28. The zero-order chi connectivity index (χ0) is 13.1. The first-order valence-electron chi connectivity index (χ1n) is 4.73. The van der Waals surface area contributed by atoms with Crippen LogP contribution in [0.3, 0.4) is 0 Å². The molecule has 0 bridgehead atoms. The molecule has 0 aliphatic carbocycles. The third kappa shape index (κ3) is 3.86. The number of rotatable bonds is 5. The Morgan fingerprint density at radius 1 is 1.41 bits per heavy atom. The summed E-state index contributed by atoms with van der Waals surface area (Å²) in [6.07, 6.45) is -1.01. The molecule has 1 atom stereocenters. The first kappa shape index (κ1) is 13.7. The van der Waals surface area contributed by atoms with E-state index in [4.69, 9.17) is 15.4 Å². The molecule has 7 nitrogen and oxygen atoms in total. The van der Waals surface area contributed by atoms with E-state index >= 15 is 0 Å². The number of aliphatic hydroxyl groups is 2. The second-order valence-corrected chi connectivity index (χ2v) is 5.00. The molecule has 0 aliphatic heterocycles. The molecule has 0 fully saturated rings. The number of sulfonamides is 1. The number of phenolic OH excluding ortho intramolecular Hbond substituents is 1. The van der Waals surface area contributed by atoms with E-state index < -0.39 is 22.7 Å². The van der Waals surface area contributed by atoms with Crippen LogP contribution < -0.4 is 10.5 Å². The smallest absolute Gasteiger partial charge is 0.238 e. The van der Waals surface area contributed by atoms with E-state index in [-0.39, 0.29) is 22.9 Å². The number of aliphatic hydroxyl groups excluding tert-OH is 2. The van der Waals surface area contributed by atoms with Gasteiger partial charge in [0.2, 0.25) is 10.0 Å². The summed E-state index contributed by atoms with van der Waals surface area (Å²) in [6, 6.07) is 3.49. The monoisotopic (exact) mass is 262 g/mol. The summed E-state index contributed by atoms with van der Waals surface area (Å²) in [5, 5.41) is 34.7. The van der Waals surface area contributed by atoms with Crippen LogP contribution in [0.4, 0.5) is 5.69 Å². The quantitative estimate of drug-likeness (QED) is 0.423. The lowest BCUT2D eigenvalue weighted by Crippen LogP contribution is -2.23. The van der Waals surface area contributed by atoms with Gasteiger partial charge in [-0.15, -0.1) is 0 Å². The van der Waals surface area contributed by atoms with Gasteiger partial charge in [-0.2, -0.15) is 0 Å². The summed E-state index contributed by atoms with van der Waals surface area (Å²) in [5.74, 6) is -0.178. The number of phenols is 1. The fourth-order valence-corrected chi connectivity index (χ4v) is 1.67. The molecule has 0 aliphatic rings. The number of benzene rings is 1. The van der Waals surface area contributed by atoms with E-state index in [1.165, 1.54) is 6.07 Å². The minimum atomic E-state index is -3.85. The van der Waals surface area contributed by atoms with E-state index in [0.29, 0.717) is 0 Å². The summed E-state index contributed by atoms with van der Waals surface area (Å²) >= 11 is 0. The van der Waals surface area contributed by atoms with Crippen molar-refractivity contribution < 1.29 is 23.7 Å². The summed E-state index contributed by atoms with van der Waals surface area (Å²) in [7, 11) is -3.85. The third-order valence-corrected chi connectivity index (χ3v) is 2.95. The fourth-order valence-electron chi connectivity index (χ4n) is 1.13. The maximum atomic E-state index is 11.1. The van der Waals surface area contributed by atoms with Gasteiger partial charge in [0.25, 0.3) is 0 Å². The van der Waals surface area contributed by atoms with Gasteiger partial charge in [0.1, 0.15) is 5.75 Å². The Hall–Kier alpha value is -1.35. The molecule has 1 unspecified atom stereocenters. The van der Waals surface area contributed by atoms with Crippen molar-refractivity contribution in [2.24, 2.45) is 5.14 Å². The molecule has 1 aromatic carbocycles. The average molecular weight is 262 g/mol. The summed E-state index contributed by atoms with van der Waals surface area (Å²) in [5.41, 5.74) is 0.115. The molecule has 1 rings (SSSR count). The predicted octanol–water partition coefficient (Wildman–Crippen LogP) is -1.20. The number of aromatic hydroxyl groups is 1. The minimum absolute atomic E-state index is 0.0296. The van der Waals surface area contributed by atoms with Crippen LogP contribution in [-0.4, -0.2) is 43.0 Å². The largest absolute Gasteiger partial charge is 0.506 e. The van der Waals surface area contributed by atoms with Crippen molar-refractivity contribution in [3.05, 3.63) is 18.2 Å². The normalized spacial score (nSPS) is 13.4. The molecular formula is C9H14N2O5S. The Kier molecular flexibility index (Phi) is 4.29. The second kappa shape index (κ2) is 5.32. The number of nitrogens with one attached hydrogen (secondary N) is 1. The Bertz CT molecular complexity index is 488. The van der Waals surface area contributed by atoms with Gasteiger partial charge in [0, 0.05) is 6.54 Å². The summed E-state index contributed by atoms with van der Waals surface area (Å²) < 4.78 is 22.1.